The second-order valence-corrected chi connectivity index (χ2v) is 5.23. The summed E-state index contributed by atoms with van der Waals surface area (Å²) in [6.45, 7) is 2.37. The maximum Gasteiger partial charge on any atom is 0.271 e. The van der Waals surface area contributed by atoms with Gasteiger partial charge in [0.1, 0.15) is 6.61 Å². The average Bonchev–Trinajstić information content (AvgIpc) is 2.62. The van der Waals surface area contributed by atoms with E-state index in [-0.39, 0.29) is 12.5 Å². The molecule has 0 aliphatic heterocycles. The van der Waals surface area contributed by atoms with Gasteiger partial charge in [0.2, 0.25) is 0 Å². The predicted octanol–water partition coefficient (Wildman–Crippen LogP) is 3.51. The molecular formula is C19H17ClN2O3. The smallest absolute Gasteiger partial charge is 0.271 e. The standard InChI is InChI=1S/C19H17ClN2O3/c1-3-10-25-18-16(20)11-14(12-17(18)24-4-2)13-21-22-19(23)15-8-6-5-7-9-15/h1,5-9,11-13H,4,10H2,2H3,(H,22,23)/b21-13-. The van der Waals surface area contributed by atoms with Crippen LogP contribution in [0.2, 0.25) is 5.02 Å². The normalized spacial score (nSPS) is 10.3. The lowest BCUT2D eigenvalue weighted by Gasteiger charge is -2.12. The van der Waals surface area contributed by atoms with Crippen molar-refractivity contribution in [1.82, 2.24) is 5.43 Å². The second-order valence-electron chi connectivity index (χ2n) is 4.82. The van der Waals surface area contributed by atoms with Gasteiger partial charge in [0.25, 0.3) is 5.91 Å². The summed E-state index contributed by atoms with van der Waals surface area (Å²) >= 11 is 6.22. The summed E-state index contributed by atoms with van der Waals surface area (Å²) in [6.07, 6.45) is 6.67. The Morgan fingerprint density at radius 3 is 2.76 bits per heavy atom. The van der Waals surface area contributed by atoms with E-state index in [9.17, 15) is 4.79 Å². The molecule has 0 fully saturated rings. The van der Waals surface area contributed by atoms with Crippen LogP contribution in [-0.4, -0.2) is 25.3 Å². The number of amides is 1. The van der Waals surface area contributed by atoms with Crippen molar-refractivity contribution in [2.75, 3.05) is 13.2 Å². The van der Waals surface area contributed by atoms with E-state index >= 15 is 0 Å². The molecule has 0 spiro atoms. The molecule has 0 heterocycles. The molecule has 0 atom stereocenters. The van der Waals surface area contributed by atoms with Crippen LogP contribution >= 0.6 is 11.6 Å². The van der Waals surface area contributed by atoms with Crippen molar-refractivity contribution in [2.45, 2.75) is 6.92 Å². The van der Waals surface area contributed by atoms with Gasteiger partial charge in [0.05, 0.1) is 17.8 Å². The number of hydrogen-bond donors (Lipinski definition) is 1. The first-order valence-electron chi connectivity index (χ1n) is 7.56. The van der Waals surface area contributed by atoms with Crippen LogP contribution in [0.25, 0.3) is 0 Å². The van der Waals surface area contributed by atoms with Gasteiger partial charge in [-0.2, -0.15) is 5.10 Å². The van der Waals surface area contributed by atoms with E-state index in [1.54, 1.807) is 36.4 Å². The molecule has 2 aromatic rings. The first-order valence-corrected chi connectivity index (χ1v) is 7.94. The number of hydrazone groups is 1. The van der Waals surface area contributed by atoms with Gasteiger partial charge in [-0.3, -0.25) is 4.79 Å². The number of carbonyl (C=O) groups is 1. The molecule has 2 rings (SSSR count). The van der Waals surface area contributed by atoms with E-state index in [1.165, 1.54) is 6.21 Å². The third kappa shape index (κ3) is 5.27. The Kier molecular flexibility index (Phi) is 6.87. The minimum absolute atomic E-state index is 0.0837. The monoisotopic (exact) mass is 356 g/mol. The van der Waals surface area contributed by atoms with E-state index in [1.807, 2.05) is 13.0 Å². The molecule has 6 heteroatoms. The number of ether oxygens (including phenoxy) is 2. The Balaban J connectivity index is 2.13. The molecule has 128 valence electrons. The van der Waals surface area contributed by atoms with Crippen molar-refractivity contribution in [3.05, 3.63) is 58.6 Å². The highest BCUT2D eigenvalue weighted by Crippen LogP contribution is 2.36. The van der Waals surface area contributed by atoms with E-state index in [0.29, 0.717) is 34.3 Å². The number of hydrogen-bond acceptors (Lipinski definition) is 4. The molecular weight excluding hydrogens is 340 g/mol. The summed E-state index contributed by atoms with van der Waals surface area (Å²) in [4.78, 5) is 11.9. The highest BCUT2D eigenvalue weighted by molar-refractivity contribution is 6.32. The lowest BCUT2D eigenvalue weighted by molar-refractivity contribution is 0.0955. The largest absolute Gasteiger partial charge is 0.490 e. The van der Waals surface area contributed by atoms with Crippen molar-refractivity contribution >= 4 is 23.7 Å². The molecule has 1 N–H and O–H groups in total. The molecule has 5 nitrogen and oxygen atoms in total. The number of nitrogens with one attached hydrogen (secondary N) is 1. The molecule has 0 unspecified atom stereocenters. The Bertz CT molecular complexity index is 798. The zero-order valence-electron chi connectivity index (χ0n) is 13.7. The molecule has 2 aromatic carbocycles. The number of halogens is 1. The number of rotatable bonds is 7. The SMILES string of the molecule is C#CCOc1c(Cl)cc(/C=N\NC(=O)c2ccccc2)cc1OCC. The quantitative estimate of drug-likeness (QED) is 0.469. The molecule has 0 aliphatic rings. The summed E-state index contributed by atoms with van der Waals surface area (Å²) in [7, 11) is 0. The Morgan fingerprint density at radius 2 is 2.08 bits per heavy atom. The van der Waals surface area contributed by atoms with Crippen LogP contribution in [0.5, 0.6) is 11.5 Å². The number of terminal acetylenes is 1. The van der Waals surface area contributed by atoms with E-state index in [0.717, 1.165) is 0 Å². The molecule has 0 saturated heterocycles. The average molecular weight is 357 g/mol. The molecule has 0 radical (unpaired) electrons. The van der Waals surface area contributed by atoms with Crippen molar-refractivity contribution in [1.29, 1.82) is 0 Å². The summed E-state index contributed by atoms with van der Waals surface area (Å²) in [5.74, 6) is 2.92. The number of nitrogens with zero attached hydrogens (tertiary/aromatic N) is 1. The first kappa shape index (κ1) is 18.4. The van der Waals surface area contributed by atoms with Crippen LogP contribution in [-0.2, 0) is 0 Å². The topological polar surface area (TPSA) is 59.9 Å². The van der Waals surface area contributed by atoms with Crippen LogP contribution in [0.15, 0.2) is 47.6 Å². The van der Waals surface area contributed by atoms with E-state index in [2.05, 4.69) is 16.4 Å². The van der Waals surface area contributed by atoms with Gasteiger partial charge in [-0.1, -0.05) is 35.7 Å². The van der Waals surface area contributed by atoms with Crippen molar-refractivity contribution in [3.63, 3.8) is 0 Å². The molecule has 25 heavy (non-hydrogen) atoms. The summed E-state index contributed by atoms with van der Waals surface area (Å²) < 4.78 is 10.9. The predicted molar refractivity (Wildman–Crippen MR) is 98.5 cm³/mol. The van der Waals surface area contributed by atoms with E-state index < -0.39 is 0 Å². The fraction of sp³-hybridized carbons (Fsp3) is 0.158. The third-order valence-corrected chi connectivity index (χ3v) is 3.33. The number of carbonyl (C=O) groups excluding carboxylic acids is 1. The van der Waals surface area contributed by atoms with Gasteiger partial charge in [-0.25, -0.2) is 5.43 Å². The van der Waals surface area contributed by atoms with Gasteiger partial charge in [-0.15, -0.1) is 6.42 Å². The molecule has 0 aliphatic carbocycles. The fourth-order valence-electron chi connectivity index (χ4n) is 2.00. The van der Waals surface area contributed by atoms with Crippen LogP contribution in [0.4, 0.5) is 0 Å². The minimum atomic E-state index is -0.304. The highest BCUT2D eigenvalue weighted by Gasteiger charge is 2.12. The molecule has 0 saturated carbocycles. The third-order valence-electron chi connectivity index (χ3n) is 3.05. The van der Waals surface area contributed by atoms with Crippen LogP contribution in [0.1, 0.15) is 22.8 Å². The first-order chi connectivity index (χ1) is 12.2. The zero-order valence-corrected chi connectivity index (χ0v) is 14.4. The summed E-state index contributed by atoms with van der Waals surface area (Å²) in [6, 6.07) is 12.1. The van der Waals surface area contributed by atoms with Crippen molar-refractivity contribution in [2.24, 2.45) is 5.10 Å². The van der Waals surface area contributed by atoms with Crippen molar-refractivity contribution < 1.29 is 14.3 Å². The molecule has 0 bridgehead atoms. The Hall–Kier alpha value is -2.97. The number of benzene rings is 2. The maximum absolute atomic E-state index is 11.9. The fourth-order valence-corrected chi connectivity index (χ4v) is 2.27. The van der Waals surface area contributed by atoms with Crippen LogP contribution in [0, 0.1) is 12.3 Å². The van der Waals surface area contributed by atoms with Gasteiger partial charge >= 0.3 is 0 Å². The second kappa shape index (κ2) is 9.36. The van der Waals surface area contributed by atoms with Gasteiger partial charge in [0.15, 0.2) is 11.5 Å². The Morgan fingerprint density at radius 1 is 1.32 bits per heavy atom. The Labute approximate surface area is 151 Å². The summed E-state index contributed by atoms with van der Waals surface area (Å²) in [5, 5.41) is 4.28. The lowest BCUT2D eigenvalue weighted by Crippen LogP contribution is -2.17. The molecule has 1 amide bonds. The van der Waals surface area contributed by atoms with Crippen LogP contribution in [0.3, 0.4) is 0 Å². The molecule has 0 aromatic heterocycles. The zero-order chi connectivity index (χ0) is 18.1. The van der Waals surface area contributed by atoms with Gasteiger partial charge < -0.3 is 9.47 Å². The summed E-state index contributed by atoms with van der Waals surface area (Å²) in [5.41, 5.74) is 3.62. The van der Waals surface area contributed by atoms with Gasteiger partial charge in [0, 0.05) is 5.56 Å². The van der Waals surface area contributed by atoms with Crippen LogP contribution < -0.4 is 14.9 Å². The highest BCUT2D eigenvalue weighted by atomic mass is 35.5. The van der Waals surface area contributed by atoms with Gasteiger partial charge in [-0.05, 0) is 36.8 Å². The maximum atomic E-state index is 11.9. The lowest BCUT2D eigenvalue weighted by atomic mass is 10.2. The minimum Gasteiger partial charge on any atom is -0.490 e. The van der Waals surface area contributed by atoms with Crippen molar-refractivity contribution in [3.8, 4) is 23.8 Å². The van der Waals surface area contributed by atoms with E-state index in [4.69, 9.17) is 27.5 Å².